The number of anilines is 2. The molecule has 1 saturated heterocycles. The minimum Gasteiger partial charge on any atom is -0.368 e. The zero-order valence-corrected chi connectivity index (χ0v) is 14.1. The number of hydrogen-bond acceptors (Lipinski definition) is 4. The van der Waals surface area contributed by atoms with E-state index < -0.39 is 0 Å². The summed E-state index contributed by atoms with van der Waals surface area (Å²) in [6, 6.07) is 12.8. The third-order valence-electron chi connectivity index (χ3n) is 4.15. The summed E-state index contributed by atoms with van der Waals surface area (Å²) in [6.07, 6.45) is 4.31. The van der Waals surface area contributed by atoms with Crippen LogP contribution in [0.3, 0.4) is 0 Å². The quantitative estimate of drug-likeness (QED) is 0.794. The minimum atomic E-state index is -0.126. The summed E-state index contributed by atoms with van der Waals surface area (Å²) in [4.78, 5) is 30.1. The van der Waals surface area contributed by atoms with Crippen molar-refractivity contribution in [2.75, 3.05) is 29.9 Å². The first-order valence-corrected chi connectivity index (χ1v) is 8.57. The number of piperidine rings is 1. The molecule has 2 amide bonds. The Balaban J connectivity index is 1.48. The van der Waals surface area contributed by atoms with Crippen molar-refractivity contribution >= 4 is 23.3 Å². The molecule has 130 valence electrons. The fourth-order valence-corrected chi connectivity index (χ4v) is 2.81. The number of carbonyl (C=O) groups excluding carboxylic acids is 2. The number of benzene rings is 1. The van der Waals surface area contributed by atoms with Gasteiger partial charge in [0.25, 0.3) is 5.91 Å². The number of nitrogens with one attached hydrogen (secondary N) is 2. The third-order valence-corrected chi connectivity index (χ3v) is 4.15. The maximum absolute atomic E-state index is 12.2. The molecular formula is C19H22N4O2. The first kappa shape index (κ1) is 17.0. The van der Waals surface area contributed by atoms with Gasteiger partial charge in [-0.1, -0.05) is 6.07 Å². The predicted octanol–water partition coefficient (Wildman–Crippen LogP) is 2.44. The highest BCUT2D eigenvalue weighted by Crippen LogP contribution is 2.21. The SMILES string of the molecule is O=C(NCCNc1ccccn1)c1ccc(N2CCCCC2=O)cc1. The molecule has 2 heterocycles. The molecule has 3 rings (SSSR count). The van der Waals surface area contributed by atoms with Gasteiger partial charge in [-0.2, -0.15) is 0 Å². The molecule has 1 fully saturated rings. The molecule has 0 spiro atoms. The average Bonchev–Trinajstić information content (AvgIpc) is 2.66. The van der Waals surface area contributed by atoms with E-state index in [1.54, 1.807) is 23.2 Å². The molecule has 1 aliphatic heterocycles. The molecule has 6 heteroatoms. The highest BCUT2D eigenvalue weighted by atomic mass is 16.2. The summed E-state index contributed by atoms with van der Waals surface area (Å²) in [6.45, 7) is 1.86. The van der Waals surface area contributed by atoms with Crippen molar-refractivity contribution < 1.29 is 9.59 Å². The smallest absolute Gasteiger partial charge is 0.251 e. The Morgan fingerprint density at radius 1 is 1.08 bits per heavy atom. The van der Waals surface area contributed by atoms with Gasteiger partial charge in [0.05, 0.1) is 0 Å². The molecule has 0 bridgehead atoms. The maximum atomic E-state index is 12.2. The second-order valence-corrected chi connectivity index (χ2v) is 5.95. The third kappa shape index (κ3) is 4.56. The van der Waals surface area contributed by atoms with Gasteiger partial charge in [-0.3, -0.25) is 9.59 Å². The molecule has 0 atom stereocenters. The van der Waals surface area contributed by atoms with E-state index in [1.807, 2.05) is 30.3 Å². The summed E-state index contributed by atoms with van der Waals surface area (Å²) < 4.78 is 0. The van der Waals surface area contributed by atoms with Crippen LogP contribution in [0.2, 0.25) is 0 Å². The molecule has 1 aromatic heterocycles. The van der Waals surface area contributed by atoms with Crippen LogP contribution >= 0.6 is 0 Å². The van der Waals surface area contributed by atoms with Crippen LogP contribution < -0.4 is 15.5 Å². The zero-order chi connectivity index (χ0) is 17.5. The van der Waals surface area contributed by atoms with Crippen molar-refractivity contribution in [3.8, 4) is 0 Å². The van der Waals surface area contributed by atoms with Gasteiger partial charge in [0.2, 0.25) is 5.91 Å². The van der Waals surface area contributed by atoms with Gasteiger partial charge in [-0.05, 0) is 49.2 Å². The first-order chi connectivity index (χ1) is 12.2. The molecule has 2 aromatic rings. The monoisotopic (exact) mass is 338 g/mol. The van der Waals surface area contributed by atoms with Crippen LogP contribution in [0.1, 0.15) is 29.6 Å². The van der Waals surface area contributed by atoms with Crippen LogP contribution in [0, 0.1) is 0 Å². The van der Waals surface area contributed by atoms with Crippen molar-refractivity contribution in [3.05, 3.63) is 54.2 Å². The van der Waals surface area contributed by atoms with Gasteiger partial charge in [0, 0.05) is 43.5 Å². The van der Waals surface area contributed by atoms with Crippen LogP contribution in [0.15, 0.2) is 48.7 Å². The topological polar surface area (TPSA) is 74.3 Å². The number of rotatable bonds is 6. The van der Waals surface area contributed by atoms with Gasteiger partial charge in [0.15, 0.2) is 0 Å². The number of aromatic nitrogens is 1. The summed E-state index contributed by atoms with van der Waals surface area (Å²) in [5.74, 6) is 0.815. The first-order valence-electron chi connectivity index (χ1n) is 8.57. The van der Waals surface area contributed by atoms with Gasteiger partial charge in [0.1, 0.15) is 5.82 Å². The Morgan fingerprint density at radius 3 is 2.64 bits per heavy atom. The van der Waals surface area contributed by atoms with E-state index >= 15 is 0 Å². The Labute approximate surface area is 147 Å². The molecule has 1 aliphatic rings. The van der Waals surface area contributed by atoms with Gasteiger partial charge in [-0.15, -0.1) is 0 Å². The van der Waals surface area contributed by atoms with E-state index in [4.69, 9.17) is 0 Å². The van der Waals surface area contributed by atoms with E-state index in [2.05, 4.69) is 15.6 Å². The normalized spacial score (nSPS) is 14.2. The minimum absolute atomic E-state index is 0.126. The van der Waals surface area contributed by atoms with E-state index in [1.165, 1.54) is 0 Å². The summed E-state index contributed by atoms with van der Waals surface area (Å²) >= 11 is 0. The summed E-state index contributed by atoms with van der Waals surface area (Å²) in [5, 5.41) is 6.01. The highest BCUT2D eigenvalue weighted by molar-refractivity contribution is 5.96. The Morgan fingerprint density at radius 2 is 1.92 bits per heavy atom. The molecule has 0 saturated carbocycles. The molecule has 0 unspecified atom stereocenters. The average molecular weight is 338 g/mol. The Kier molecular flexibility index (Phi) is 5.61. The standard InChI is InChI=1S/C19H22N4O2/c24-18-6-2-4-14-23(18)16-9-7-15(8-10-16)19(25)22-13-12-21-17-5-1-3-11-20-17/h1,3,5,7-11H,2,4,6,12-14H2,(H,20,21)(H,22,25). The van der Waals surface area contributed by atoms with Crippen molar-refractivity contribution in [2.45, 2.75) is 19.3 Å². The van der Waals surface area contributed by atoms with Crippen molar-refractivity contribution in [2.24, 2.45) is 0 Å². The number of carbonyl (C=O) groups is 2. The highest BCUT2D eigenvalue weighted by Gasteiger charge is 2.19. The largest absolute Gasteiger partial charge is 0.368 e. The van der Waals surface area contributed by atoms with E-state index in [-0.39, 0.29) is 11.8 Å². The molecule has 25 heavy (non-hydrogen) atoms. The lowest BCUT2D eigenvalue weighted by molar-refractivity contribution is -0.119. The maximum Gasteiger partial charge on any atom is 0.251 e. The van der Waals surface area contributed by atoms with Gasteiger partial charge in [-0.25, -0.2) is 4.98 Å². The Bertz CT molecular complexity index is 716. The molecule has 6 nitrogen and oxygen atoms in total. The second kappa shape index (κ2) is 8.28. The summed E-state index contributed by atoms with van der Waals surface area (Å²) in [5.41, 5.74) is 1.45. The number of nitrogens with zero attached hydrogens (tertiary/aromatic N) is 2. The molecule has 0 radical (unpaired) electrons. The number of amides is 2. The fourth-order valence-electron chi connectivity index (χ4n) is 2.81. The van der Waals surface area contributed by atoms with Crippen LogP contribution in [0.4, 0.5) is 11.5 Å². The lowest BCUT2D eigenvalue weighted by atomic mass is 10.1. The van der Waals surface area contributed by atoms with Crippen molar-refractivity contribution in [1.82, 2.24) is 10.3 Å². The lowest BCUT2D eigenvalue weighted by Crippen LogP contribution is -2.35. The van der Waals surface area contributed by atoms with Crippen molar-refractivity contribution in [3.63, 3.8) is 0 Å². The van der Waals surface area contributed by atoms with E-state index in [0.29, 0.717) is 25.1 Å². The van der Waals surface area contributed by atoms with Crippen molar-refractivity contribution in [1.29, 1.82) is 0 Å². The van der Waals surface area contributed by atoms with Crippen LogP contribution in [-0.2, 0) is 4.79 Å². The molecule has 0 aliphatic carbocycles. The predicted molar refractivity (Wildman–Crippen MR) is 97.7 cm³/mol. The molecule has 1 aromatic carbocycles. The van der Waals surface area contributed by atoms with Gasteiger partial charge < -0.3 is 15.5 Å². The fraction of sp³-hybridized carbons (Fsp3) is 0.316. The number of hydrogen-bond donors (Lipinski definition) is 2. The second-order valence-electron chi connectivity index (χ2n) is 5.95. The van der Waals surface area contributed by atoms with Crippen LogP contribution in [-0.4, -0.2) is 36.4 Å². The molecule has 2 N–H and O–H groups in total. The van der Waals surface area contributed by atoms with Crippen LogP contribution in [0.5, 0.6) is 0 Å². The zero-order valence-electron chi connectivity index (χ0n) is 14.1. The van der Waals surface area contributed by atoms with Gasteiger partial charge >= 0.3 is 0 Å². The van der Waals surface area contributed by atoms with Crippen LogP contribution in [0.25, 0.3) is 0 Å². The Hall–Kier alpha value is -2.89. The summed E-state index contributed by atoms with van der Waals surface area (Å²) in [7, 11) is 0. The van der Waals surface area contributed by atoms with E-state index in [0.717, 1.165) is 30.9 Å². The van der Waals surface area contributed by atoms with E-state index in [9.17, 15) is 9.59 Å². The lowest BCUT2D eigenvalue weighted by Gasteiger charge is -2.26. The number of pyridine rings is 1. The molecular weight excluding hydrogens is 316 g/mol.